The van der Waals surface area contributed by atoms with Gasteiger partial charge in [0.15, 0.2) is 0 Å². The van der Waals surface area contributed by atoms with E-state index in [0.29, 0.717) is 5.78 Å². The molecule has 1 heteroatoms. The van der Waals surface area contributed by atoms with Gasteiger partial charge in [-0.3, -0.25) is 4.79 Å². The van der Waals surface area contributed by atoms with Crippen molar-refractivity contribution < 1.29 is 4.79 Å². The van der Waals surface area contributed by atoms with Crippen LogP contribution in [0.5, 0.6) is 0 Å². The first-order valence-electron chi connectivity index (χ1n) is 5.69. The van der Waals surface area contributed by atoms with E-state index in [-0.39, 0.29) is 0 Å². The van der Waals surface area contributed by atoms with Crippen molar-refractivity contribution >= 4 is 5.78 Å². The minimum atomic E-state index is 0.499. The van der Waals surface area contributed by atoms with E-state index in [1.165, 1.54) is 38.5 Å². The van der Waals surface area contributed by atoms with Gasteiger partial charge in [0, 0.05) is 12.8 Å². The third-order valence-electron chi connectivity index (χ3n) is 3.74. The molecular weight excluding hydrogens is 160 g/mol. The summed E-state index contributed by atoms with van der Waals surface area (Å²) in [5.74, 6) is 2.32. The predicted octanol–water partition coefficient (Wildman–Crippen LogP) is 3.14. The molecule has 0 aromatic carbocycles. The molecule has 0 aromatic rings. The first-order valence-corrected chi connectivity index (χ1v) is 5.69. The molecule has 2 aliphatic carbocycles. The van der Waals surface area contributed by atoms with Gasteiger partial charge < -0.3 is 0 Å². The van der Waals surface area contributed by atoms with Crippen molar-refractivity contribution in [3.8, 4) is 0 Å². The second-order valence-corrected chi connectivity index (χ2v) is 4.58. The van der Waals surface area contributed by atoms with Crippen molar-refractivity contribution in [3.05, 3.63) is 6.42 Å². The standard InChI is InChI=1S/C12H19O/c13-12-8-6-11(7-9-12)10-4-2-1-3-5-10/h1,10-11H,2-9H2. The number of Topliss-reactive ketones (excluding diaryl/α,β-unsaturated/α-hetero) is 1. The monoisotopic (exact) mass is 179 g/mol. The molecule has 0 atom stereocenters. The Balaban J connectivity index is 1.82. The van der Waals surface area contributed by atoms with Crippen LogP contribution in [0.2, 0.25) is 0 Å². The Labute approximate surface area is 80.9 Å². The summed E-state index contributed by atoms with van der Waals surface area (Å²) in [5.41, 5.74) is 0. The zero-order chi connectivity index (χ0) is 9.10. The molecule has 0 N–H and O–H groups in total. The zero-order valence-corrected chi connectivity index (χ0v) is 8.30. The summed E-state index contributed by atoms with van der Waals surface area (Å²) < 4.78 is 0. The van der Waals surface area contributed by atoms with Crippen molar-refractivity contribution in [1.29, 1.82) is 0 Å². The highest BCUT2D eigenvalue weighted by atomic mass is 16.1. The Morgan fingerprint density at radius 2 is 1.46 bits per heavy atom. The number of ketones is 1. The average molecular weight is 179 g/mol. The summed E-state index contributed by atoms with van der Waals surface area (Å²) in [4.78, 5) is 11.1. The smallest absolute Gasteiger partial charge is 0.132 e. The fourth-order valence-corrected chi connectivity index (χ4v) is 2.86. The molecular formula is C12H19O. The van der Waals surface area contributed by atoms with Gasteiger partial charge in [-0.25, -0.2) is 0 Å². The second kappa shape index (κ2) is 4.26. The molecule has 0 saturated heterocycles. The topological polar surface area (TPSA) is 17.1 Å². The van der Waals surface area contributed by atoms with Gasteiger partial charge in [0.05, 0.1) is 0 Å². The van der Waals surface area contributed by atoms with E-state index in [2.05, 4.69) is 6.42 Å². The van der Waals surface area contributed by atoms with Crippen LogP contribution in [0.15, 0.2) is 0 Å². The van der Waals surface area contributed by atoms with Crippen molar-refractivity contribution in [2.75, 3.05) is 0 Å². The maximum atomic E-state index is 11.1. The molecule has 0 heterocycles. The lowest BCUT2D eigenvalue weighted by molar-refractivity contribution is -0.121. The van der Waals surface area contributed by atoms with Crippen molar-refractivity contribution in [3.63, 3.8) is 0 Å². The lowest BCUT2D eigenvalue weighted by atomic mass is 9.73. The van der Waals surface area contributed by atoms with Crippen LogP contribution in [0, 0.1) is 18.3 Å². The van der Waals surface area contributed by atoms with Gasteiger partial charge in [-0.15, -0.1) is 0 Å². The lowest BCUT2D eigenvalue weighted by Crippen LogP contribution is -2.23. The largest absolute Gasteiger partial charge is 0.300 e. The Morgan fingerprint density at radius 3 is 2.08 bits per heavy atom. The Morgan fingerprint density at radius 1 is 0.923 bits per heavy atom. The summed E-state index contributed by atoms with van der Waals surface area (Å²) in [7, 11) is 0. The molecule has 0 unspecified atom stereocenters. The van der Waals surface area contributed by atoms with Gasteiger partial charge >= 0.3 is 0 Å². The van der Waals surface area contributed by atoms with E-state index in [9.17, 15) is 4.79 Å². The Hall–Kier alpha value is -0.330. The van der Waals surface area contributed by atoms with E-state index in [0.717, 1.165) is 24.7 Å². The lowest BCUT2D eigenvalue weighted by Gasteiger charge is -2.32. The Kier molecular flexibility index (Phi) is 3.02. The molecule has 2 saturated carbocycles. The second-order valence-electron chi connectivity index (χ2n) is 4.58. The van der Waals surface area contributed by atoms with E-state index in [1.54, 1.807) is 0 Å². The fourth-order valence-electron chi connectivity index (χ4n) is 2.86. The number of carbonyl (C=O) groups excluding carboxylic acids is 1. The first kappa shape index (κ1) is 9.23. The van der Waals surface area contributed by atoms with E-state index >= 15 is 0 Å². The molecule has 0 amide bonds. The van der Waals surface area contributed by atoms with Crippen LogP contribution in [0.1, 0.15) is 51.4 Å². The van der Waals surface area contributed by atoms with Crippen LogP contribution in [0.4, 0.5) is 0 Å². The molecule has 2 aliphatic rings. The summed E-state index contributed by atoms with van der Waals surface area (Å²) >= 11 is 0. The highest BCUT2D eigenvalue weighted by Gasteiger charge is 2.27. The van der Waals surface area contributed by atoms with Gasteiger partial charge in [-0.05, 0) is 56.8 Å². The number of carbonyl (C=O) groups is 1. The predicted molar refractivity (Wildman–Crippen MR) is 53.2 cm³/mol. The average Bonchev–Trinajstić information content (AvgIpc) is 2.20. The third-order valence-corrected chi connectivity index (χ3v) is 3.74. The molecule has 2 rings (SSSR count). The van der Waals surface area contributed by atoms with Crippen LogP contribution >= 0.6 is 0 Å². The highest BCUT2D eigenvalue weighted by molar-refractivity contribution is 5.79. The van der Waals surface area contributed by atoms with Gasteiger partial charge in [-0.2, -0.15) is 0 Å². The Bertz CT molecular complexity index is 170. The first-order chi connectivity index (χ1) is 6.36. The molecule has 1 nitrogen and oxygen atoms in total. The fraction of sp³-hybridized carbons (Fsp3) is 0.833. The number of hydrogen-bond donors (Lipinski definition) is 0. The van der Waals surface area contributed by atoms with Gasteiger partial charge in [0.25, 0.3) is 0 Å². The normalized spacial score (nSPS) is 27.8. The van der Waals surface area contributed by atoms with Crippen molar-refractivity contribution in [2.45, 2.75) is 51.4 Å². The molecule has 73 valence electrons. The molecule has 0 spiro atoms. The SMILES string of the molecule is O=C1CCC(C2CC[CH]CC2)CC1. The molecule has 1 radical (unpaired) electrons. The summed E-state index contributed by atoms with van der Waals surface area (Å²) in [6.07, 6.45) is 11.9. The van der Waals surface area contributed by atoms with E-state index < -0.39 is 0 Å². The van der Waals surface area contributed by atoms with E-state index in [1.807, 2.05) is 0 Å². The van der Waals surface area contributed by atoms with E-state index in [4.69, 9.17) is 0 Å². The minimum Gasteiger partial charge on any atom is -0.300 e. The molecule has 13 heavy (non-hydrogen) atoms. The molecule has 0 aliphatic heterocycles. The van der Waals surface area contributed by atoms with Gasteiger partial charge in [0.1, 0.15) is 5.78 Å². The summed E-state index contributed by atoms with van der Waals surface area (Å²) in [6.45, 7) is 0. The van der Waals surface area contributed by atoms with Crippen LogP contribution in [-0.4, -0.2) is 5.78 Å². The minimum absolute atomic E-state index is 0.499. The van der Waals surface area contributed by atoms with Crippen LogP contribution in [-0.2, 0) is 4.79 Å². The molecule has 0 bridgehead atoms. The van der Waals surface area contributed by atoms with Crippen LogP contribution in [0.3, 0.4) is 0 Å². The maximum absolute atomic E-state index is 11.1. The number of hydrogen-bond acceptors (Lipinski definition) is 1. The van der Waals surface area contributed by atoms with Crippen LogP contribution in [0.25, 0.3) is 0 Å². The molecule has 0 aromatic heterocycles. The summed E-state index contributed by atoms with van der Waals surface area (Å²) in [5, 5.41) is 0. The summed E-state index contributed by atoms with van der Waals surface area (Å²) in [6, 6.07) is 0. The quantitative estimate of drug-likeness (QED) is 0.604. The molecule has 2 fully saturated rings. The highest BCUT2D eigenvalue weighted by Crippen LogP contribution is 2.36. The number of rotatable bonds is 1. The zero-order valence-electron chi connectivity index (χ0n) is 8.30. The van der Waals surface area contributed by atoms with Gasteiger partial charge in [0.2, 0.25) is 0 Å². The van der Waals surface area contributed by atoms with Gasteiger partial charge in [-0.1, -0.05) is 0 Å². The maximum Gasteiger partial charge on any atom is 0.132 e. The van der Waals surface area contributed by atoms with Crippen LogP contribution < -0.4 is 0 Å². The third kappa shape index (κ3) is 2.32. The van der Waals surface area contributed by atoms with Crippen molar-refractivity contribution in [2.24, 2.45) is 11.8 Å². The van der Waals surface area contributed by atoms with Crippen molar-refractivity contribution in [1.82, 2.24) is 0 Å².